The first-order valence-corrected chi connectivity index (χ1v) is 9.17. The number of amides is 1. The predicted octanol–water partition coefficient (Wildman–Crippen LogP) is 4.16. The molecule has 0 unspecified atom stereocenters. The van der Waals surface area contributed by atoms with Crippen LogP contribution in [0.4, 0.5) is 19.0 Å². The van der Waals surface area contributed by atoms with E-state index in [9.17, 15) is 18.0 Å². The highest BCUT2D eigenvalue weighted by atomic mass is 19.4. The van der Waals surface area contributed by atoms with Gasteiger partial charge in [0, 0.05) is 32.4 Å². The lowest BCUT2D eigenvalue weighted by atomic mass is 9.91. The smallest absolute Gasteiger partial charge is 0.356 e. The van der Waals surface area contributed by atoms with Crippen molar-refractivity contribution in [2.45, 2.75) is 38.4 Å². The number of anilines is 1. The zero-order chi connectivity index (χ0) is 21.1. The summed E-state index contributed by atoms with van der Waals surface area (Å²) in [4.78, 5) is 28.6. The van der Waals surface area contributed by atoms with Crippen molar-refractivity contribution in [1.29, 1.82) is 0 Å². The number of rotatable bonds is 7. The summed E-state index contributed by atoms with van der Waals surface area (Å²) in [5, 5.41) is 5.83. The van der Waals surface area contributed by atoms with E-state index < -0.39 is 24.2 Å². The van der Waals surface area contributed by atoms with Crippen LogP contribution in [0.15, 0.2) is 36.8 Å². The molecule has 0 radical (unpaired) electrons. The Morgan fingerprint density at radius 2 is 1.93 bits per heavy atom. The van der Waals surface area contributed by atoms with E-state index in [1.165, 1.54) is 6.20 Å². The van der Waals surface area contributed by atoms with Crippen molar-refractivity contribution in [3.63, 3.8) is 0 Å². The molecule has 0 aromatic carbocycles. The van der Waals surface area contributed by atoms with Crippen LogP contribution in [0, 0.1) is 0 Å². The molecule has 1 amide bonds. The van der Waals surface area contributed by atoms with Gasteiger partial charge in [-0.1, -0.05) is 13.8 Å². The first-order chi connectivity index (χ1) is 13.8. The van der Waals surface area contributed by atoms with Crippen LogP contribution < -0.4 is 10.6 Å². The third kappa shape index (κ3) is 4.47. The Hall–Kier alpha value is -3.17. The number of halogens is 3. The first kappa shape index (κ1) is 20.6. The van der Waals surface area contributed by atoms with Crippen LogP contribution in [-0.4, -0.2) is 44.1 Å². The van der Waals surface area contributed by atoms with Gasteiger partial charge in [0.25, 0.3) is 0 Å². The Bertz CT molecular complexity index is 1010. The van der Waals surface area contributed by atoms with Gasteiger partial charge in [-0.15, -0.1) is 0 Å². The van der Waals surface area contributed by atoms with Gasteiger partial charge in [-0.2, -0.15) is 13.2 Å². The molecule has 3 heterocycles. The summed E-state index contributed by atoms with van der Waals surface area (Å²) < 4.78 is 37.5. The van der Waals surface area contributed by atoms with Crippen molar-refractivity contribution in [2.24, 2.45) is 0 Å². The molecule has 0 saturated carbocycles. The summed E-state index contributed by atoms with van der Waals surface area (Å²) >= 11 is 0. The summed E-state index contributed by atoms with van der Waals surface area (Å²) in [5.41, 5.74) is 0.197. The standard InChI is InChI=1S/C19H21F3N6O.2H2/c1-3-18(4-2,17(29)26-11-19(20,21)22)28-14-7-9-24-16(27-14)13-10-25-15-12(13)6-5-8-23-15;;/h5-10H,3-4,11H2,1-2H3,(H,23,25)(H,26,29)(H,24,27,28);2*1H. The molecule has 0 aliphatic rings. The molecule has 3 rings (SSSR count). The highest BCUT2D eigenvalue weighted by molar-refractivity contribution is 5.92. The number of carbonyl (C=O) groups is 1. The van der Waals surface area contributed by atoms with Gasteiger partial charge in [0.1, 0.15) is 23.5 Å². The van der Waals surface area contributed by atoms with Gasteiger partial charge in [0.05, 0.1) is 0 Å². The Morgan fingerprint density at radius 1 is 1.17 bits per heavy atom. The molecule has 29 heavy (non-hydrogen) atoms. The molecule has 0 aliphatic carbocycles. The SMILES string of the molecule is CCC(CC)(Nc1ccnc(-c2c[nH]c3ncccc23)n1)C(=O)NCC(F)(F)F.[HH].[HH]. The van der Waals surface area contributed by atoms with Crippen LogP contribution in [0.25, 0.3) is 22.4 Å². The number of fused-ring (bicyclic) bond motifs is 1. The van der Waals surface area contributed by atoms with E-state index in [1.54, 1.807) is 38.4 Å². The van der Waals surface area contributed by atoms with Crippen molar-refractivity contribution in [3.05, 3.63) is 36.8 Å². The fourth-order valence-corrected chi connectivity index (χ4v) is 3.10. The van der Waals surface area contributed by atoms with Gasteiger partial charge in [-0.3, -0.25) is 4.79 Å². The van der Waals surface area contributed by atoms with Crippen molar-refractivity contribution < 1.29 is 20.8 Å². The number of nitrogens with one attached hydrogen (secondary N) is 3. The van der Waals surface area contributed by atoms with Crippen molar-refractivity contribution >= 4 is 22.8 Å². The van der Waals surface area contributed by atoms with Crippen molar-refractivity contribution in [1.82, 2.24) is 25.3 Å². The van der Waals surface area contributed by atoms with E-state index in [2.05, 4.69) is 25.3 Å². The first-order valence-electron chi connectivity index (χ1n) is 9.17. The van der Waals surface area contributed by atoms with Gasteiger partial charge < -0.3 is 15.6 Å². The molecule has 10 heteroatoms. The van der Waals surface area contributed by atoms with Crippen LogP contribution in [-0.2, 0) is 4.79 Å². The molecule has 0 bridgehead atoms. The van der Waals surface area contributed by atoms with E-state index in [0.29, 0.717) is 17.3 Å². The summed E-state index contributed by atoms with van der Waals surface area (Å²) in [6.45, 7) is 2.08. The zero-order valence-corrected chi connectivity index (χ0v) is 16.0. The van der Waals surface area contributed by atoms with Crippen molar-refractivity contribution in [3.8, 4) is 11.4 Å². The highest BCUT2D eigenvalue weighted by Crippen LogP contribution is 2.27. The Morgan fingerprint density at radius 3 is 2.62 bits per heavy atom. The number of pyridine rings is 1. The van der Waals surface area contributed by atoms with Gasteiger partial charge in [0.2, 0.25) is 5.91 Å². The maximum atomic E-state index is 12.5. The zero-order valence-electron chi connectivity index (χ0n) is 16.0. The molecular formula is C19H25F3N6O. The molecule has 0 spiro atoms. The van der Waals surface area contributed by atoms with Gasteiger partial charge in [-0.25, -0.2) is 15.0 Å². The molecule has 0 saturated heterocycles. The maximum Gasteiger partial charge on any atom is 0.405 e. The largest absolute Gasteiger partial charge is 0.405 e. The Labute approximate surface area is 168 Å². The lowest BCUT2D eigenvalue weighted by molar-refractivity contribution is -0.141. The molecular weight excluding hydrogens is 385 g/mol. The van der Waals surface area contributed by atoms with Crippen LogP contribution in [0.2, 0.25) is 0 Å². The van der Waals surface area contributed by atoms with E-state index >= 15 is 0 Å². The molecule has 158 valence electrons. The monoisotopic (exact) mass is 410 g/mol. The second-order valence-corrected chi connectivity index (χ2v) is 6.58. The maximum absolute atomic E-state index is 12.5. The number of alkyl halides is 3. The Balaban J connectivity index is 0.00000240. The van der Waals surface area contributed by atoms with Crippen LogP contribution in [0.1, 0.15) is 29.5 Å². The van der Waals surface area contributed by atoms with Gasteiger partial charge in [-0.05, 0) is 31.0 Å². The highest BCUT2D eigenvalue weighted by Gasteiger charge is 2.37. The molecule has 0 aliphatic heterocycles. The minimum Gasteiger partial charge on any atom is -0.356 e. The number of nitrogens with zero attached hydrogens (tertiary/aromatic N) is 3. The second-order valence-electron chi connectivity index (χ2n) is 6.58. The predicted molar refractivity (Wildman–Crippen MR) is 107 cm³/mol. The number of aromatic nitrogens is 4. The molecule has 3 aromatic rings. The minimum absolute atomic E-state index is 0. The normalized spacial score (nSPS) is 12.2. The van der Waals surface area contributed by atoms with Crippen LogP contribution >= 0.6 is 0 Å². The summed E-state index contributed by atoms with van der Waals surface area (Å²) in [6.07, 6.45) is 1.02. The van der Waals surface area contributed by atoms with Crippen LogP contribution in [0.5, 0.6) is 0 Å². The topological polar surface area (TPSA) is 95.6 Å². The summed E-state index contributed by atoms with van der Waals surface area (Å²) in [6, 6.07) is 5.25. The summed E-state index contributed by atoms with van der Waals surface area (Å²) in [7, 11) is 0. The van der Waals surface area contributed by atoms with E-state index in [4.69, 9.17) is 0 Å². The molecule has 3 N–H and O–H groups in total. The summed E-state index contributed by atoms with van der Waals surface area (Å²) in [5.74, 6) is 0.0291. The molecule has 3 aromatic heterocycles. The Kier molecular flexibility index (Phi) is 5.71. The van der Waals surface area contributed by atoms with Gasteiger partial charge >= 0.3 is 6.18 Å². The molecule has 0 fully saturated rings. The molecule has 7 nitrogen and oxygen atoms in total. The fourth-order valence-electron chi connectivity index (χ4n) is 3.10. The van der Waals surface area contributed by atoms with E-state index in [1.807, 2.05) is 11.4 Å². The van der Waals surface area contributed by atoms with E-state index in [0.717, 1.165) is 10.9 Å². The second kappa shape index (κ2) is 8.06. The number of hydrogen-bond donors (Lipinski definition) is 3. The third-order valence-corrected chi connectivity index (χ3v) is 4.81. The molecule has 0 atom stereocenters. The third-order valence-electron chi connectivity index (χ3n) is 4.81. The average molecular weight is 410 g/mol. The quantitative estimate of drug-likeness (QED) is 0.544. The van der Waals surface area contributed by atoms with Gasteiger partial charge in [0.15, 0.2) is 5.82 Å². The van der Waals surface area contributed by atoms with Crippen molar-refractivity contribution in [2.75, 3.05) is 11.9 Å². The number of carbonyl (C=O) groups excluding carboxylic acids is 1. The minimum atomic E-state index is -4.48. The fraction of sp³-hybridized carbons (Fsp3) is 0.368. The lowest BCUT2D eigenvalue weighted by Crippen LogP contribution is -2.53. The average Bonchev–Trinajstić information content (AvgIpc) is 3.14. The van der Waals surface area contributed by atoms with Crippen LogP contribution in [0.3, 0.4) is 0 Å². The number of hydrogen-bond acceptors (Lipinski definition) is 5. The number of H-pyrrole nitrogens is 1. The lowest BCUT2D eigenvalue weighted by Gasteiger charge is -2.32. The number of aromatic amines is 1. The van der Waals surface area contributed by atoms with E-state index in [-0.39, 0.29) is 15.7 Å².